The van der Waals surface area contributed by atoms with Gasteiger partial charge in [-0.25, -0.2) is 4.79 Å². The van der Waals surface area contributed by atoms with Crippen LogP contribution in [-0.2, 0) is 17.8 Å². The van der Waals surface area contributed by atoms with Crippen LogP contribution in [-0.4, -0.2) is 19.0 Å². The highest BCUT2D eigenvalue weighted by molar-refractivity contribution is 5.91. The van der Waals surface area contributed by atoms with Gasteiger partial charge < -0.3 is 20.4 Å². The lowest BCUT2D eigenvalue weighted by Crippen LogP contribution is -2.29. The number of urea groups is 1. The number of likely N-dealkylation sites (N-methyl/N-ethyl adjacent to an activating group) is 1. The Hall–Kier alpha value is -2.76. The number of para-hydroxylation sites is 1. The lowest BCUT2D eigenvalue weighted by Gasteiger charge is -2.11. The van der Waals surface area contributed by atoms with Crippen LogP contribution in [0.15, 0.2) is 47.1 Å². The van der Waals surface area contributed by atoms with Crippen LogP contribution in [0.3, 0.4) is 0 Å². The standard InChI is InChI=1S/C15H17N3O3/c1-16-14(19)9-11-5-2-3-7-13(11)18-15(20)17-10-12-6-4-8-21-12/h2-8H,9-10H2,1H3,(H,16,19)(H2,17,18,20). The summed E-state index contributed by atoms with van der Waals surface area (Å²) in [4.78, 5) is 23.3. The zero-order valence-electron chi connectivity index (χ0n) is 11.7. The molecule has 2 aromatic rings. The van der Waals surface area contributed by atoms with Gasteiger partial charge in [0.05, 0.1) is 19.2 Å². The Labute approximate surface area is 122 Å². The summed E-state index contributed by atoms with van der Waals surface area (Å²) in [7, 11) is 1.58. The predicted octanol–water partition coefficient (Wildman–Crippen LogP) is 1.89. The molecule has 110 valence electrons. The SMILES string of the molecule is CNC(=O)Cc1ccccc1NC(=O)NCc1ccco1. The van der Waals surface area contributed by atoms with Gasteiger partial charge in [0.15, 0.2) is 0 Å². The van der Waals surface area contributed by atoms with E-state index in [1.54, 1.807) is 43.6 Å². The first-order chi connectivity index (χ1) is 10.2. The second-order valence-electron chi connectivity index (χ2n) is 4.39. The molecule has 6 heteroatoms. The second kappa shape index (κ2) is 7.14. The van der Waals surface area contributed by atoms with Gasteiger partial charge in [0.1, 0.15) is 5.76 Å². The van der Waals surface area contributed by atoms with Crippen molar-refractivity contribution in [3.8, 4) is 0 Å². The molecule has 0 aliphatic carbocycles. The Bertz CT molecular complexity index is 608. The number of anilines is 1. The minimum atomic E-state index is -0.351. The molecule has 3 N–H and O–H groups in total. The average Bonchev–Trinajstić information content (AvgIpc) is 3.00. The molecule has 0 fully saturated rings. The van der Waals surface area contributed by atoms with Crippen molar-refractivity contribution in [2.75, 3.05) is 12.4 Å². The summed E-state index contributed by atoms with van der Waals surface area (Å²) in [5, 5.41) is 7.97. The molecule has 1 heterocycles. The number of carbonyl (C=O) groups is 2. The summed E-state index contributed by atoms with van der Waals surface area (Å²) >= 11 is 0. The normalized spacial score (nSPS) is 9.95. The van der Waals surface area contributed by atoms with E-state index in [1.165, 1.54) is 0 Å². The van der Waals surface area contributed by atoms with Crippen molar-refractivity contribution in [3.05, 3.63) is 54.0 Å². The number of amides is 3. The molecule has 1 aromatic heterocycles. The van der Waals surface area contributed by atoms with E-state index in [-0.39, 0.29) is 18.4 Å². The fraction of sp³-hybridized carbons (Fsp3) is 0.200. The molecule has 0 bridgehead atoms. The minimum absolute atomic E-state index is 0.111. The van der Waals surface area contributed by atoms with Crippen LogP contribution < -0.4 is 16.0 Å². The van der Waals surface area contributed by atoms with Crippen LogP contribution in [0.1, 0.15) is 11.3 Å². The fourth-order valence-electron chi connectivity index (χ4n) is 1.80. The van der Waals surface area contributed by atoms with Crippen molar-refractivity contribution >= 4 is 17.6 Å². The molecule has 0 aliphatic heterocycles. The van der Waals surface area contributed by atoms with Gasteiger partial charge in [0.2, 0.25) is 5.91 Å². The van der Waals surface area contributed by atoms with E-state index in [9.17, 15) is 9.59 Å². The Morgan fingerprint density at radius 2 is 1.95 bits per heavy atom. The van der Waals surface area contributed by atoms with E-state index in [0.29, 0.717) is 18.0 Å². The summed E-state index contributed by atoms with van der Waals surface area (Å²) in [6.07, 6.45) is 1.76. The van der Waals surface area contributed by atoms with Gasteiger partial charge in [-0.3, -0.25) is 4.79 Å². The largest absolute Gasteiger partial charge is 0.467 e. The van der Waals surface area contributed by atoms with Gasteiger partial charge in [-0.1, -0.05) is 18.2 Å². The van der Waals surface area contributed by atoms with Crippen LogP contribution in [0.25, 0.3) is 0 Å². The molecule has 0 aliphatic rings. The molecular weight excluding hydrogens is 270 g/mol. The van der Waals surface area contributed by atoms with Crippen molar-refractivity contribution in [1.82, 2.24) is 10.6 Å². The van der Waals surface area contributed by atoms with Gasteiger partial charge in [-0.05, 0) is 23.8 Å². The number of benzene rings is 1. The van der Waals surface area contributed by atoms with Crippen molar-refractivity contribution in [1.29, 1.82) is 0 Å². The summed E-state index contributed by atoms with van der Waals surface area (Å²) < 4.78 is 5.13. The highest BCUT2D eigenvalue weighted by atomic mass is 16.3. The van der Waals surface area contributed by atoms with E-state index < -0.39 is 0 Å². The Morgan fingerprint density at radius 1 is 1.14 bits per heavy atom. The first-order valence-electron chi connectivity index (χ1n) is 6.54. The lowest BCUT2D eigenvalue weighted by atomic mass is 10.1. The van der Waals surface area contributed by atoms with Crippen molar-refractivity contribution < 1.29 is 14.0 Å². The first kappa shape index (κ1) is 14.6. The van der Waals surface area contributed by atoms with Gasteiger partial charge >= 0.3 is 6.03 Å². The zero-order chi connectivity index (χ0) is 15.1. The number of carbonyl (C=O) groups excluding carboxylic acids is 2. The predicted molar refractivity (Wildman–Crippen MR) is 78.8 cm³/mol. The fourth-order valence-corrected chi connectivity index (χ4v) is 1.80. The maximum Gasteiger partial charge on any atom is 0.319 e. The first-order valence-corrected chi connectivity index (χ1v) is 6.54. The Morgan fingerprint density at radius 3 is 2.67 bits per heavy atom. The third-order valence-corrected chi connectivity index (χ3v) is 2.90. The molecule has 3 amide bonds. The van der Waals surface area contributed by atoms with Crippen LogP contribution in [0.5, 0.6) is 0 Å². The molecule has 21 heavy (non-hydrogen) atoms. The van der Waals surface area contributed by atoms with E-state index in [4.69, 9.17) is 4.42 Å². The zero-order valence-corrected chi connectivity index (χ0v) is 11.7. The van der Waals surface area contributed by atoms with Gasteiger partial charge in [0.25, 0.3) is 0 Å². The molecule has 1 aromatic carbocycles. The molecule has 6 nitrogen and oxygen atoms in total. The maximum atomic E-state index is 11.9. The highest BCUT2D eigenvalue weighted by Crippen LogP contribution is 2.15. The molecule has 0 atom stereocenters. The Balaban J connectivity index is 1.95. The molecule has 0 radical (unpaired) electrons. The summed E-state index contributed by atoms with van der Waals surface area (Å²) in [6.45, 7) is 0.302. The van der Waals surface area contributed by atoms with Crippen molar-refractivity contribution in [2.24, 2.45) is 0 Å². The average molecular weight is 287 g/mol. The topological polar surface area (TPSA) is 83.4 Å². The molecule has 0 saturated carbocycles. The van der Waals surface area contributed by atoms with Gasteiger partial charge in [0, 0.05) is 12.7 Å². The van der Waals surface area contributed by atoms with Gasteiger partial charge in [-0.15, -0.1) is 0 Å². The number of hydrogen-bond donors (Lipinski definition) is 3. The molecule has 0 saturated heterocycles. The minimum Gasteiger partial charge on any atom is -0.467 e. The van der Waals surface area contributed by atoms with Crippen LogP contribution >= 0.6 is 0 Å². The smallest absolute Gasteiger partial charge is 0.319 e. The van der Waals surface area contributed by atoms with E-state index >= 15 is 0 Å². The van der Waals surface area contributed by atoms with Gasteiger partial charge in [-0.2, -0.15) is 0 Å². The van der Waals surface area contributed by atoms with E-state index in [2.05, 4.69) is 16.0 Å². The summed E-state index contributed by atoms with van der Waals surface area (Å²) in [5.74, 6) is 0.559. The van der Waals surface area contributed by atoms with Crippen LogP contribution in [0.4, 0.5) is 10.5 Å². The number of hydrogen-bond acceptors (Lipinski definition) is 3. The maximum absolute atomic E-state index is 11.9. The number of furan rings is 1. The Kier molecular flexibility index (Phi) is 4.98. The molecule has 0 spiro atoms. The third-order valence-electron chi connectivity index (χ3n) is 2.90. The van der Waals surface area contributed by atoms with Crippen LogP contribution in [0.2, 0.25) is 0 Å². The van der Waals surface area contributed by atoms with Crippen molar-refractivity contribution in [3.63, 3.8) is 0 Å². The van der Waals surface area contributed by atoms with E-state index in [0.717, 1.165) is 5.56 Å². The molecular formula is C15H17N3O3. The van der Waals surface area contributed by atoms with Crippen molar-refractivity contribution in [2.45, 2.75) is 13.0 Å². The molecule has 2 rings (SSSR count). The second-order valence-corrected chi connectivity index (χ2v) is 4.39. The van der Waals surface area contributed by atoms with Crippen LogP contribution in [0, 0.1) is 0 Å². The third kappa shape index (κ3) is 4.38. The summed E-state index contributed by atoms with van der Waals surface area (Å²) in [6, 6.07) is 10.4. The quantitative estimate of drug-likeness (QED) is 0.785. The monoisotopic (exact) mass is 287 g/mol. The highest BCUT2D eigenvalue weighted by Gasteiger charge is 2.09. The molecule has 0 unspecified atom stereocenters. The number of nitrogens with one attached hydrogen (secondary N) is 3. The summed E-state index contributed by atoms with van der Waals surface area (Å²) in [5.41, 5.74) is 1.36. The number of rotatable bonds is 5. The van der Waals surface area contributed by atoms with E-state index in [1.807, 2.05) is 6.07 Å². The lowest BCUT2D eigenvalue weighted by molar-refractivity contribution is -0.119.